The zero-order valence-electron chi connectivity index (χ0n) is 13.4. The van der Waals surface area contributed by atoms with Crippen molar-refractivity contribution in [3.05, 3.63) is 52.7 Å². The summed E-state index contributed by atoms with van der Waals surface area (Å²) >= 11 is 0. The Kier molecular flexibility index (Phi) is 4.93. The number of nitrogens with zero attached hydrogens (tertiary/aromatic N) is 1. The Bertz CT molecular complexity index is 719. The number of benzene rings is 1. The lowest BCUT2D eigenvalue weighted by Gasteiger charge is -2.13. The van der Waals surface area contributed by atoms with Gasteiger partial charge in [-0.15, -0.1) is 0 Å². The van der Waals surface area contributed by atoms with Gasteiger partial charge in [-0.1, -0.05) is 19.0 Å². The van der Waals surface area contributed by atoms with Crippen molar-refractivity contribution in [1.82, 2.24) is 5.16 Å². The highest BCUT2D eigenvalue weighted by atomic mass is 19.1. The van der Waals surface area contributed by atoms with E-state index in [1.165, 1.54) is 31.2 Å². The van der Waals surface area contributed by atoms with E-state index >= 15 is 0 Å². The molecule has 0 spiro atoms. The number of aromatic nitrogens is 1. The average molecular weight is 319 g/mol. The first-order valence-corrected chi connectivity index (χ1v) is 7.28. The second kappa shape index (κ2) is 6.73. The highest BCUT2D eigenvalue weighted by Gasteiger charge is 2.27. The van der Waals surface area contributed by atoms with Crippen molar-refractivity contribution in [2.24, 2.45) is 0 Å². The number of rotatable bonds is 5. The van der Waals surface area contributed by atoms with Gasteiger partial charge < -0.3 is 9.26 Å². The minimum atomic E-state index is -0.998. The molecule has 0 bridgehead atoms. The molecular weight excluding hydrogens is 301 g/mol. The largest absolute Gasteiger partial charge is 0.451 e. The summed E-state index contributed by atoms with van der Waals surface area (Å²) in [5, 5.41) is 3.78. The van der Waals surface area contributed by atoms with Crippen molar-refractivity contribution < 1.29 is 23.2 Å². The highest BCUT2D eigenvalue weighted by Crippen LogP contribution is 2.23. The molecular formula is C17H18FNO4. The number of ether oxygens (including phenoxy) is 1. The number of hydrogen-bond donors (Lipinski definition) is 0. The van der Waals surface area contributed by atoms with Gasteiger partial charge in [0.25, 0.3) is 0 Å². The topological polar surface area (TPSA) is 69.4 Å². The number of Topliss-reactive ketones (excluding diaryl/α,β-unsaturated/α-hetero) is 1. The molecule has 122 valence electrons. The molecule has 6 heteroatoms. The molecule has 5 nitrogen and oxygen atoms in total. The minimum absolute atomic E-state index is 0.0399. The van der Waals surface area contributed by atoms with Crippen LogP contribution in [-0.4, -0.2) is 23.0 Å². The maximum atomic E-state index is 12.9. The van der Waals surface area contributed by atoms with E-state index in [2.05, 4.69) is 5.16 Å². The summed E-state index contributed by atoms with van der Waals surface area (Å²) in [7, 11) is 0. The van der Waals surface area contributed by atoms with Crippen LogP contribution in [0, 0.1) is 12.7 Å². The molecule has 0 aliphatic carbocycles. The minimum Gasteiger partial charge on any atom is -0.451 e. The normalized spacial score (nSPS) is 12.3. The van der Waals surface area contributed by atoms with Gasteiger partial charge in [0.1, 0.15) is 11.4 Å². The molecule has 1 atom stereocenters. The molecule has 0 unspecified atom stereocenters. The van der Waals surface area contributed by atoms with Crippen molar-refractivity contribution in [3.8, 4) is 0 Å². The summed E-state index contributed by atoms with van der Waals surface area (Å²) in [6, 6.07) is 5.07. The fourth-order valence-corrected chi connectivity index (χ4v) is 2.15. The van der Waals surface area contributed by atoms with E-state index in [1.54, 1.807) is 6.92 Å². The number of aryl methyl sites for hydroxylation is 1. The molecule has 2 aromatic rings. The van der Waals surface area contributed by atoms with Crippen LogP contribution < -0.4 is 0 Å². The van der Waals surface area contributed by atoms with Gasteiger partial charge in [0, 0.05) is 11.5 Å². The van der Waals surface area contributed by atoms with Crippen molar-refractivity contribution in [1.29, 1.82) is 0 Å². The molecule has 1 heterocycles. The molecule has 1 aromatic carbocycles. The van der Waals surface area contributed by atoms with Crippen LogP contribution in [0.5, 0.6) is 0 Å². The van der Waals surface area contributed by atoms with Crippen molar-refractivity contribution in [2.45, 2.75) is 39.7 Å². The fourth-order valence-electron chi connectivity index (χ4n) is 2.15. The van der Waals surface area contributed by atoms with E-state index in [0.717, 1.165) is 0 Å². The second-order valence-corrected chi connectivity index (χ2v) is 5.58. The lowest BCUT2D eigenvalue weighted by molar-refractivity contribution is 0.0315. The van der Waals surface area contributed by atoms with Crippen LogP contribution >= 0.6 is 0 Å². The monoisotopic (exact) mass is 319 g/mol. The molecule has 0 fully saturated rings. The summed E-state index contributed by atoms with van der Waals surface area (Å²) in [5.74, 6) is -1.11. The number of carbonyl (C=O) groups excluding carboxylic acids is 2. The Morgan fingerprint density at radius 1 is 1.17 bits per heavy atom. The molecule has 0 aliphatic heterocycles. The average Bonchev–Trinajstić information content (AvgIpc) is 2.89. The van der Waals surface area contributed by atoms with E-state index in [1.807, 2.05) is 13.8 Å². The van der Waals surface area contributed by atoms with Crippen LogP contribution in [-0.2, 0) is 4.74 Å². The fraction of sp³-hybridized carbons (Fsp3) is 0.353. The summed E-state index contributed by atoms with van der Waals surface area (Å²) in [5.41, 5.74) is 0.941. The predicted molar refractivity (Wildman–Crippen MR) is 80.9 cm³/mol. The van der Waals surface area contributed by atoms with Crippen LogP contribution in [0.4, 0.5) is 4.39 Å². The van der Waals surface area contributed by atoms with E-state index in [9.17, 15) is 14.0 Å². The molecule has 0 N–H and O–H groups in total. The number of hydrogen-bond acceptors (Lipinski definition) is 5. The first-order valence-electron chi connectivity index (χ1n) is 7.28. The first-order chi connectivity index (χ1) is 10.8. The smallest absolute Gasteiger partial charge is 0.344 e. The van der Waals surface area contributed by atoms with Gasteiger partial charge >= 0.3 is 5.97 Å². The summed E-state index contributed by atoms with van der Waals surface area (Å²) in [6.45, 7) is 6.84. The zero-order valence-corrected chi connectivity index (χ0v) is 13.4. The molecule has 0 aliphatic rings. The summed E-state index contributed by atoms with van der Waals surface area (Å²) in [4.78, 5) is 24.5. The Morgan fingerprint density at radius 3 is 2.35 bits per heavy atom. The standard InChI is InChI=1S/C17H18FNO4/c1-9(2)16-14(10(3)19-23-16)17(21)22-11(4)15(20)12-5-7-13(18)8-6-12/h5-9,11H,1-4H3/t11-/m1/s1. The Hall–Kier alpha value is -2.50. The van der Waals surface area contributed by atoms with E-state index in [0.29, 0.717) is 11.5 Å². The second-order valence-electron chi connectivity index (χ2n) is 5.58. The Balaban J connectivity index is 2.15. The van der Waals surface area contributed by atoms with E-state index < -0.39 is 23.7 Å². The Morgan fingerprint density at radius 2 is 1.78 bits per heavy atom. The third-order valence-corrected chi connectivity index (χ3v) is 3.40. The SMILES string of the molecule is Cc1noc(C(C)C)c1C(=O)O[C@H](C)C(=O)c1ccc(F)cc1. The van der Waals surface area contributed by atoms with Gasteiger partial charge in [0.2, 0.25) is 5.78 Å². The molecule has 1 aromatic heterocycles. The number of halogens is 1. The third-order valence-electron chi connectivity index (χ3n) is 3.40. The van der Waals surface area contributed by atoms with Crippen LogP contribution in [0.2, 0.25) is 0 Å². The van der Waals surface area contributed by atoms with E-state index in [-0.39, 0.29) is 17.0 Å². The lowest BCUT2D eigenvalue weighted by Crippen LogP contribution is -2.25. The molecule has 0 amide bonds. The van der Waals surface area contributed by atoms with Gasteiger partial charge in [-0.3, -0.25) is 4.79 Å². The van der Waals surface area contributed by atoms with Crippen molar-refractivity contribution in [3.63, 3.8) is 0 Å². The molecule has 0 saturated heterocycles. The number of esters is 1. The van der Waals surface area contributed by atoms with Crippen LogP contribution in [0.3, 0.4) is 0 Å². The number of carbonyl (C=O) groups is 2. The molecule has 0 saturated carbocycles. The quantitative estimate of drug-likeness (QED) is 0.621. The van der Waals surface area contributed by atoms with Crippen LogP contribution in [0.1, 0.15) is 58.9 Å². The van der Waals surface area contributed by atoms with Crippen LogP contribution in [0.25, 0.3) is 0 Å². The Labute approximate surface area is 133 Å². The molecule has 2 rings (SSSR count). The van der Waals surface area contributed by atoms with Crippen molar-refractivity contribution in [2.75, 3.05) is 0 Å². The highest BCUT2D eigenvalue weighted by molar-refractivity contribution is 6.01. The molecule has 0 radical (unpaired) electrons. The third kappa shape index (κ3) is 3.64. The van der Waals surface area contributed by atoms with Gasteiger partial charge in [-0.25, -0.2) is 9.18 Å². The molecule has 23 heavy (non-hydrogen) atoms. The zero-order chi connectivity index (χ0) is 17.1. The maximum absolute atomic E-state index is 12.9. The summed E-state index contributed by atoms with van der Waals surface area (Å²) in [6.07, 6.45) is -0.998. The van der Waals surface area contributed by atoms with Gasteiger partial charge in [0.05, 0.1) is 5.69 Å². The summed E-state index contributed by atoms with van der Waals surface area (Å²) < 4.78 is 23.3. The van der Waals surface area contributed by atoms with Gasteiger partial charge in [-0.2, -0.15) is 0 Å². The number of ketones is 1. The van der Waals surface area contributed by atoms with Gasteiger partial charge in [-0.05, 0) is 38.1 Å². The first kappa shape index (κ1) is 16.9. The van der Waals surface area contributed by atoms with Crippen LogP contribution in [0.15, 0.2) is 28.8 Å². The van der Waals surface area contributed by atoms with E-state index in [4.69, 9.17) is 9.26 Å². The predicted octanol–water partition coefficient (Wildman–Crippen LogP) is 3.67. The maximum Gasteiger partial charge on any atom is 0.344 e. The van der Waals surface area contributed by atoms with Crippen molar-refractivity contribution >= 4 is 11.8 Å². The van der Waals surface area contributed by atoms with Gasteiger partial charge in [0.15, 0.2) is 11.9 Å². The lowest BCUT2D eigenvalue weighted by atomic mass is 10.0.